The summed E-state index contributed by atoms with van der Waals surface area (Å²) in [7, 11) is 0. The largest absolute Gasteiger partial charge is 0.419 e. The highest BCUT2D eigenvalue weighted by molar-refractivity contribution is 5.98. The van der Waals surface area contributed by atoms with Crippen molar-refractivity contribution in [3.63, 3.8) is 0 Å². The molecule has 144 valence electrons. The average Bonchev–Trinajstić information content (AvgIpc) is 3.07. The van der Waals surface area contributed by atoms with Crippen LogP contribution in [0.1, 0.15) is 29.6 Å². The standard InChI is InChI=1S/C22H22N2O4/c25-20(12-15-24-18-8-4-5-9-19(18)28-22(24)27)23-13-10-17(11-14-23)21(26)16-6-2-1-3-7-16/h1-9,17H,10-15H2. The first kappa shape index (κ1) is 18.2. The van der Waals surface area contributed by atoms with Crippen molar-refractivity contribution >= 4 is 22.8 Å². The molecule has 2 aromatic carbocycles. The lowest BCUT2D eigenvalue weighted by Gasteiger charge is -2.31. The van der Waals surface area contributed by atoms with Crippen molar-refractivity contribution in [1.82, 2.24) is 9.47 Å². The van der Waals surface area contributed by atoms with Crippen LogP contribution in [0.5, 0.6) is 0 Å². The first-order valence-electron chi connectivity index (χ1n) is 9.59. The van der Waals surface area contributed by atoms with Gasteiger partial charge in [-0.05, 0) is 25.0 Å². The Hall–Kier alpha value is -3.15. The van der Waals surface area contributed by atoms with E-state index in [1.54, 1.807) is 11.0 Å². The highest BCUT2D eigenvalue weighted by atomic mass is 16.4. The maximum Gasteiger partial charge on any atom is 0.419 e. The number of oxazole rings is 1. The van der Waals surface area contributed by atoms with Crippen LogP contribution in [0.4, 0.5) is 0 Å². The van der Waals surface area contributed by atoms with Crippen molar-refractivity contribution < 1.29 is 14.0 Å². The van der Waals surface area contributed by atoms with E-state index in [4.69, 9.17) is 4.42 Å². The molecule has 0 bridgehead atoms. The van der Waals surface area contributed by atoms with E-state index < -0.39 is 5.76 Å². The van der Waals surface area contributed by atoms with Crippen LogP contribution in [-0.2, 0) is 11.3 Å². The summed E-state index contributed by atoms with van der Waals surface area (Å²) in [5.41, 5.74) is 1.96. The summed E-state index contributed by atoms with van der Waals surface area (Å²) in [6, 6.07) is 16.5. The number of Topliss-reactive ketones (excluding diaryl/α,β-unsaturated/α-hetero) is 1. The van der Waals surface area contributed by atoms with Crippen molar-refractivity contribution in [1.29, 1.82) is 0 Å². The second-order valence-corrected chi connectivity index (χ2v) is 7.12. The number of hydrogen-bond acceptors (Lipinski definition) is 4. The van der Waals surface area contributed by atoms with Gasteiger partial charge in [-0.3, -0.25) is 14.2 Å². The number of amides is 1. The van der Waals surface area contributed by atoms with Crippen LogP contribution in [-0.4, -0.2) is 34.2 Å². The minimum Gasteiger partial charge on any atom is -0.408 e. The Balaban J connectivity index is 1.34. The van der Waals surface area contributed by atoms with Gasteiger partial charge in [0.25, 0.3) is 0 Å². The van der Waals surface area contributed by atoms with Crippen molar-refractivity contribution in [3.05, 3.63) is 70.7 Å². The SMILES string of the molecule is O=C(c1ccccc1)C1CCN(C(=O)CCn2c(=O)oc3ccccc32)CC1. The van der Waals surface area contributed by atoms with Gasteiger partial charge < -0.3 is 9.32 Å². The first-order chi connectivity index (χ1) is 13.6. The lowest BCUT2D eigenvalue weighted by atomic mass is 9.89. The van der Waals surface area contributed by atoms with Gasteiger partial charge in [-0.15, -0.1) is 0 Å². The van der Waals surface area contributed by atoms with Gasteiger partial charge in [-0.1, -0.05) is 42.5 Å². The van der Waals surface area contributed by atoms with Gasteiger partial charge in [-0.2, -0.15) is 0 Å². The van der Waals surface area contributed by atoms with Crippen LogP contribution in [0.25, 0.3) is 11.1 Å². The molecule has 2 heterocycles. The molecule has 1 aliphatic rings. The molecule has 0 spiro atoms. The highest BCUT2D eigenvalue weighted by Gasteiger charge is 2.27. The van der Waals surface area contributed by atoms with Crippen LogP contribution in [0, 0.1) is 5.92 Å². The highest BCUT2D eigenvalue weighted by Crippen LogP contribution is 2.22. The summed E-state index contributed by atoms with van der Waals surface area (Å²) in [6.07, 6.45) is 1.59. The number of carbonyl (C=O) groups is 2. The number of piperidine rings is 1. The van der Waals surface area contributed by atoms with Crippen molar-refractivity contribution in [2.24, 2.45) is 5.92 Å². The van der Waals surface area contributed by atoms with Crippen molar-refractivity contribution in [2.75, 3.05) is 13.1 Å². The van der Waals surface area contributed by atoms with E-state index in [1.165, 1.54) is 4.57 Å². The third-order valence-corrected chi connectivity index (χ3v) is 5.40. The summed E-state index contributed by atoms with van der Waals surface area (Å²) in [6.45, 7) is 1.43. The maximum absolute atomic E-state index is 12.6. The number of para-hydroxylation sites is 2. The zero-order valence-corrected chi connectivity index (χ0v) is 15.5. The Morgan fingerprint density at radius 2 is 1.64 bits per heavy atom. The zero-order valence-electron chi connectivity index (χ0n) is 15.5. The van der Waals surface area contributed by atoms with Crippen molar-refractivity contribution in [3.8, 4) is 0 Å². The lowest BCUT2D eigenvalue weighted by Crippen LogP contribution is -2.40. The van der Waals surface area contributed by atoms with E-state index in [0.29, 0.717) is 37.0 Å². The smallest absolute Gasteiger partial charge is 0.408 e. The third-order valence-electron chi connectivity index (χ3n) is 5.40. The second-order valence-electron chi connectivity index (χ2n) is 7.12. The maximum atomic E-state index is 12.6. The van der Waals surface area contributed by atoms with Crippen LogP contribution in [0.15, 0.2) is 63.8 Å². The molecule has 28 heavy (non-hydrogen) atoms. The molecule has 0 saturated carbocycles. The Morgan fingerprint density at radius 1 is 0.964 bits per heavy atom. The molecule has 6 nitrogen and oxygen atoms in total. The Morgan fingerprint density at radius 3 is 2.39 bits per heavy atom. The van der Waals surface area contributed by atoms with Gasteiger partial charge >= 0.3 is 5.76 Å². The van der Waals surface area contributed by atoms with Gasteiger partial charge in [0.15, 0.2) is 11.4 Å². The minimum atomic E-state index is -0.443. The molecule has 0 unspecified atom stereocenters. The predicted octanol–water partition coefficient (Wildman–Crippen LogP) is 3.11. The molecule has 1 aliphatic heterocycles. The molecule has 1 fully saturated rings. The van der Waals surface area contributed by atoms with Gasteiger partial charge in [0, 0.05) is 37.5 Å². The van der Waals surface area contributed by atoms with Crippen LogP contribution in [0.3, 0.4) is 0 Å². The number of likely N-dealkylation sites (tertiary alicyclic amines) is 1. The normalized spacial score (nSPS) is 15.1. The molecule has 0 radical (unpaired) electrons. The predicted molar refractivity (Wildman–Crippen MR) is 105 cm³/mol. The topological polar surface area (TPSA) is 72.5 Å². The van der Waals surface area contributed by atoms with Crippen LogP contribution in [0.2, 0.25) is 0 Å². The fourth-order valence-electron chi connectivity index (χ4n) is 3.82. The molecule has 3 aromatic rings. The molecule has 0 aliphatic carbocycles. The van der Waals surface area contributed by atoms with Gasteiger partial charge in [0.1, 0.15) is 0 Å². The van der Waals surface area contributed by atoms with Crippen molar-refractivity contribution in [2.45, 2.75) is 25.8 Å². The third kappa shape index (κ3) is 3.63. The monoisotopic (exact) mass is 378 g/mol. The summed E-state index contributed by atoms with van der Waals surface area (Å²) in [5.74, 6) is -0.319. The van der Waals surface area contributed by atoms with Crippen LogP contribution >= 0.6 is 0 Å². The first-order valence-corrected chi connectivity index (χ1v) is 9.59. The molecule has 6 heteroatoms. The number of hydrogen-bond donors (Lipinski definition) is 0. The minimum absolute atomic E-state index is 0.00258. The number of aryl methyl sites for hydroxylation is 1. The number of rotatable bonds is 5. The number of fused-ring (bicyclic) bond motifs is 1. The van der Waals surface area contributed by atoms with E-state index >= 15 is 0 Å². The van der Waals surface area contributed by atoms with E-state index in [-0.39, 0.29) is 30.6 Å². The average molecular weight is 378 g/mol. The fourth-order valence-corrected chi connectivity index (χ4v) is 3.82. The quantitative estimate of drug-likeness (QED) is 0.640. The number of carbonyl (C=O) groups excluding carboxylic acids is 2. The molecule has 4 rings (SSSR count). The molecule has 1 amide bonds. The summed E-state index contributed by atoms with van der Waals surface area (Å²) < 4.78 is 6.70. The van der Waals surface area contributed by atoms with E-state index in [2.05, 4.69) is 0 Å². The molecular weight excluding hydrogens is 356 g/mol. The number of nitrogens with zero attached hydrogens (tertiary/aromatic N) is 2. The zero-order chi connectivity index (χ0) is 19.5. The Kier molecular flexibility index (Phi) is 5.10. The Bertz CT molecular complexity index is 1040. The van der Waals surface area contributed by atoms with Gasteiger partial charge in [0.05, 0.1) is 5.52 Å². The second kappa shape index (κ2) is 7.84. The molecule has 0 atom stereocenters. The summed E-state index contributed by atoms with van der Waals surface area (Å²) >= 11 is 0. The summed E-state index contributed by atoms with van der Waals surface area (Å²) in [5, 5.41) is 0. The molecule has 1 saturated heterocycles. The summed E-state index contributed by atoms with van der Waals surface area (Å²) in [4.78, 5) is 39.0. The van der Waals surface area contributed by atoms with Gasteiger partial charge in [0.2, 0.25) is 5.91 Å². The fraction of sp³-hybridized carbons (Fsp3) is 0.318. The van der Waals surface area contributed by atoms with E-state index in [9.17, 15) is 14.4 Å². The Labute approximate surface area is 162 Å². The van der Waals surface area contributed by atoms with Gasteiger partial charge in [-0.25, -0.2) is 4.79 Å². The molecule has 0 N–H and O–H groups in total. The molecular formula is C22H22N2O4. The lowest BCUT2D eigenvalue weighted by molar-refractivity contribution is -0.132. The van der Waals surface area contributed by atoms with E-state index in [1.807, 2.05) is 48.5 Å². The van der Waals surface area contributed by atoms with Crippen LogP contribution < -0.4 is 5.76 Å². The number of ketones is 1. The number of benzene rings is 2. The number of aromatic nitrogens is 1. The van der Waals surface area contributed by atoms with E-state index in [0.717, 1.165) is 5.56 Å². The molecule has 1 aromatic heterocycles.